The summed E-state index contributed by atoms with van der Waals surface area (Å²) in [5.41, 5.74) is 0. The Morgan fingerprint density at radius 3 is 2.53 bits per heavy atom. The third-order valence-corrected chi connectivity index (χ3v) is 3.33. The maximum Gasteiger partial charge on any atom is 0.319 e. The zero-order valence-corrected chi connectivity index (χ0v) is 11.8. The Kier molecular flexibility index (Phi) is 6.62. The summed E-state index contributed by atoms with van der Waals surface area (Å²) < 4.78 is 5.55. The minimum absolute atomic E-state index is 0.0136. The topological polar surface area (TPSA) is 70.1 Å². The quantitative estimate of drug-likeness (QED) is 0.793. The SMILES string of the molecule is CCOC1CCN(C(=O)N(C)CCCC(=O)O)CC1. The van der Waals surface area contributed by atoms with Crippen molar-refractivity contribution >= 4 is 12.0 Å². The molecular formula is C13H24N2O4. The van der Waals surface area contributed by atoms with Crippen LogP contribution in [-0.4, -0.2) is 66.3 Å². The lowest BCUT2D eigenvalue weighted by Gasteiger charge is -2.34. The van der Waals surface area contributed by atoms with Gasteiger partial charge in [-0.05, 0) is 26.2 Å². The van der Waals surface area contributed by atoms with Gasteiger partial charge in [-0.15, -0.1) is 0 Å². The van der Waals surface area contributed by atoms with Crippen LogP contribution in [-0.2, 0) is 9.53 Å². The molecule has 2 amide bonds. The number of carbonyl (C=O) groups is 2. The van der Waals surface area contributed by atoms with E-state index >= 15 is 0 Å². The molecule has 1 aliphatic heterocycles. The fourth-order valence-electron chi connectivity index (χ4n) is 2.25. The van der Waals surface area contributed by atoms with Crippen LogP contribution in [0.25, 0.3) is 0 Å². The first-order chi connectivity index (χ1) is 9.04. The van der Waals surface area contributed by atoms with E-state index in [9.17, 15) is 9.59 Å². The van der Waals surface area contributed by atoms with Crippen molar-refractivity contribution in [3.05, 3.63) is 0 Å². The average Bonchev–Trinajstić information content (AvgIpc) is 2.38. The molecule has 1 aliphatic rings. The van der Waals surface area contributed by atoms with E-state index in [0.29, 0.717) is 32.7 Å². The highest BCUT2D eigenvalue weighted by molar-refractivity contribution is 5.74. The van der Waals surface area contributed by atoms with Gasteiger partial charge in [0.05, 0.1) is 6.10 Å². The molecule has 0 aliphatic carbocycles. The summed E-state index contributed by atoms with van der Waals surface area (Å²) >= 11 is 0. The second-order valence-corrected chi connectivity index (χ2v) is 4.84. The lowest BCUT2D eigenvalue weighted by molar-refractivity contribution is -0.137. The van der Waals surface area contributed by atoms with E-state index in [1.54, 1.807) is 11.9 Å². The fourth-order valence-corrected chi connectivity index (χ4v) is 2.25. The fraction of sp³-hybridized carbons (Fsp3) is 0.846. The molecule has 6 heteroatoms. The van der Waals surface area contributed by atoms with Crippen LogP contribution in [0.15, 0.2) is 0 Å². The number of ether oxygens (including phenoxy) is 1. The molecule has 0 aromatic rings. The van der Waals surface area contributed by atoms with Crippen LogP contribution in [0.3, 0.4) is 0 Å². The van der Waals surface area contributed by atoms with Gasteiger partial charge in [0.25, 0.3) is 0 Å². The Balaban J connectivity index is 2.27. The zero-order chi connectivity index (χ0) is 14.3. The minimum atomic E-state index is -0.821. The van der Waals surface area contributed by atoms with Gasteiger partial charge < -0.3 is 19.6 Å². The van der Waals surface area contributed by atoms with Crippen molar-refractivity contribution in [2.45, 2.75) is 38.7 Å². The summed E-state index contributed by atoms with van der Waals surface area (Å²) in [7, 11) is 1.72. The molecular weight excluding hydrogens is 248 g/mol. The van der Waals surface area contributed by atoms with E-state index in [4.69, 9.17) is 9.84 Å². The average molecular weight is 272 g/mol. The van der Waals surface area contributed by atoms with Crippen molar-refractivity contribution in [1.82, 2.24) is 9.80 Å². The largest absolute Gasteiger partial charge is 0.481 e. The van der Waals surface area contributed by atoms with E-state index in [1.165, 1.54) is 0 Å². The predicted octanol–water partition coefficient (Wildman–Crippen LogP) is 1.40. The zero-order valence-electron chi connectivity index (χ0n) is 11.8. The number of urea groups is 1. The summed E-state index contributed by atoms with van der Waals surface area (Å²) in [5.74, 6) is -0.821. The molecule has 1 heterocycles. The van der Waals surface area contributed by atoms with Crippen molar-refractivity contribution < 1.29 is 19.4 Å². The van der Waals surface area contributed by atoms with Crippen molar-refractivity contribution in [1.29, 1.82) is 0 Å². The minimum Gasteiger partial charge on any atom is -0.481 e. The van der Waals surface area contributed by atoms with Gasteiger partial charge in [-0.2, -0.15) is 0 Å². The van der Waals surface area contributed by atoms with Crippen LogP contribution < -0.4 is 0 Å². The third kappa shape index (κ3) is 5.46. The summed E-state index contributed by atoms with van der Waals surface area (Å²) in [6.07, 6.45) is 2.62. The molecule has 0 saturated carbocycles. The van der Waals surface area contributed by atoms with Crippen LogP contribution in [0.4, 0.5) is 4.79 Å². The predicted molar refractivity (Wildman–Crippen MR) is 71.1 cm³/mol. The van der Waals surface area contributed by atoms with Gasteiger partial charge in [0.1, 0.15) is 0 Å². The van der Waals surface area contributed by atoms with E-state index in [0.717, 1.165) is 12.8 Å². The molecule has 1 N–H and O–H groups in total. The number of likely N-dealkylation sites (tertiary alicyclic amines) is 1. The Labute approximate surface area is 114 Å². The number of hydrogen-bond acceptors (Lipinski definition) is 3. The molecule has 0 radical (unpaired) electrons. The first-order valence-corrected chi connectivity index (χ1v) is 6.88. The number of rotatable bonds is 6. The van der Waals surface area contributed by atoms with Crippen molar-refractivity contribution in [2.75, 3.05) is 33.3 Å². The maximum absolute atomic E-state index is 12.1. The van der Waals surface area contributed by atoms with Gasteiger partial charge in [0.2, 0.25) is 0 Å². The highest BCUT2D eigenvalue weighted by Gasteiger charge is 2.24. The molecule has 0 spiro atoms. The molecule has 0 atom stereocenters. The normalized spacial score (nSPS) is 16.4. The van der Waals surface area contributed by atoms with E-state index in [-0.39, 0.29) is 18.6 Å². The van der Waals surface area contributed by atoms with E-state index < -0.39 is 5.97 Å². The number of amides is 2. The standard InChI is InChI=1S/C13H24N2O4/c1-3-19-11-6-9-15(10-7-11)13(18)14(2)8-4-5-12(16)17/h11H,3-10H2,1-2H3,(H,16,17). The Morgan fingerprint density at radius 1 is 1.37 bits per heavy atom. The highest BCUT2D eigenvalue weighted by Crippen LogP contribution is 2.15. The number of aliphatic carboxylic acids is 1. The van der Waals surface area contributed by atoms with Crippen molar-refractivity contribution in [3.8, 4) is 0 Å². The molecule has 6 nitrogen and oxygen atoms in total. The monoisotopic (exact) mass is 272 g/mol. The van der Waals surface area contributed by atoms with Gasteiger partial charge in [-0.1, -0.05) is 0 Å². The number of piperidine rings is 1. The van der Waals surface area contributed by atoms with Crippen molar-refractivity contribution in [2.24, 2.45) is 0 Å². The van der Waals surface area contributed by atoms with Crippen LogP contribution in [0, 0.1) is 0 Å². The van der Waals surface area contributed by atoms with Crippen LogP contribution >= 0.6 is 0 Å². The smallest absolute Gasteiger partial charge is 0.319 e. The number of nitrogens with zero attached hydrogens (tertiary/aromatic N) is 2. The van der Waals surface area contributed by atoms with Crippen LogP contribution in [0.5, 0.6) is 0 Å². The molecule has 0 aromatic carbocycles. The van der Waals surface area contributed by atoms with Gasteiger partial charge in [0.15, 0.2) is 0 Å². The van der Waals surface area contributed by atoms with Gasteiger partial charge in [0, 0.05) is 39.7 Å². The number of carbonyl (C=O) groups excluding carboxylic acids is 1. The lowest BCUT2D eigenvalue weighted by Crippen LogP contribution is -2.46. The Hall–Kier alpha value is -1.30. The van der Waals surface area contributed by atoms with E-state index in [1.807, 2.05) is 11.8 Å². The van der Waals surface area contributed by atoms with E-state index in [2.05, 4.69) is 0 Å². The maximum atomic E-state index is 12.1. The Bertz CT molecular complexity index is 301. The number of carboxylic acids is 1. The molecule has 0 bridgehead atoms. The van der Waals surface area contributed by atoms with Gasteiger partial charge in [-0.3, -0.25) is 4.79 Å². The first kappa shape index (κ1) is 15.8. The molecule has 1 fully saturated rings. The van der Waals surface area contributed by atoms with Gasteiger partial charge in [-0.25, -0.2) is 4.79 Å². The number of hydrogen-bond donors (Lipinski definition) is 1. The summed E-state index contributed by atoms with van der Waals surface area (Å²) in [4.78, 5) is 25.9. The first-order valence-electron chi connectivity index (χ1n) is 6.88. The molecule has 1 saturated heterocycles. The summed E-state index contributed by atoms with van der Waals surface area (Å²) in [6.45, 7) is 4.61. The molecule has 0 aromatic heterocycles. The highest BCUT2D eigenvalue weighted by atomic mass is 16.5. The molecule has 19 heavy (non-hydrogen) atoms. The second kappa shape index (κ2) is 7.99. The molecule has 1 rings (SSSR count). The lowest BCUT2D eigenvalue weighted by atomic mass is 10.1. The Morgan fingerprint density at radius 2 is 2.00 bits per heavy atom. The summed E-state index contributed by atoms with van der Waals surface area (Å²) in [5, 5.41) is 8.57. The molecule has 110 valence electrons. The molecule has 0 unspecified atom stereocenters. The third-order valence-electron chi connectivity index (χ3n) is 3.33. The van der Waals surface area contributed by atoms with Gasteiger partial charge >= 0.3 is 12.0 Å². The van der Waals surface area contributed by atoms with Crippen molar-refractivity contribution in [3.63, 3.8) is 0 Å². The van der Waals surface area contributed by atoms with Crippen LogP contribution in [0.2, 0.25) is 0 Å². The number of carboxylic acid groups (broad SMARTS) is 1. The van der Waals surface area contributed by atoms with Crippen LogP contribution in [0.1, 0.15) is 32.6 Å². The second-order valence-electron chi connectivity index (χ2n) is 4.84. The summed E-state index contributed by atoms with van der Waals surface area (Å²) in [6, 6.07) is -0.0136.